The Balaban J connectivity index is 2.01. The van der Waals surface area contributed by atoms with E-state index in [1.54, 1.807) is 18.5 Å². The molecular formula is C14H13F2NO. The summed E-state index contributed by atoms with van der Waals surface area (Å²) in [6, 6.07) is 6.91. The quantitative estimate of drug-likeness (QED) is 0.903. The molecule has 18 heavy (non-hydrogen) atoms. The van der Waals surface area contributed by atoms with Crippen LogP contribution in [0.5, 0.6) is 0 Å². The van der Waals surface area contributed by atoms with Crippen LogP contribution in [0, 0.1) is 11.6 Å². The number of hydrogen-bond acceptors (Lipinski definition) is 2. The van der Waals surface area contributed by atoms with Crippen molar-refractivity contribution in [3.8, 4) is 0 Å². The molecule has 0 aliphatic rings. The van der Waals surface area contributed by atoms with E-state index < -0.39 is 17.7 Å². The van der Waals surface area contributed by atoms with Gasteiger partial charge in [0.1, 0.15) is 11.6 Å². The van der Waals surface area contributed by atoms with Gasteiger partial charge >= 0.3 is 0 Å². The predicted molar refractivity (Wildman–Crippen MR) is 64.0 cm³/mol. The lowest BCUT2D eigenvalue weighted by atomic mass is 10.0. The van der Waals surface area contributed by atoms with E-state index in [1.807, 2.05) is 6.07 Å². The third-order valence-corrected chi connectivity index (χ3v) is 2.59. The zero-order valence-electron chi connectivity index (χ0n) is 9.68. The Hall–Kier alpha value is -1.81. The van der Waals surface area contributed by atoms with E-state index in [-0.39, 0.29) is 6.42 Å². The van der Waals surface area contributed by atoms with Gasteiger partial charge in [-0.3, -0.25) is 4.98 Å². The molecule has 1 heterocycles. The van der Waals surface area contributed by atoms with Gasteiger partial charge in [0.15, 0.2) is 0 Å². The summed E-state index contributed by atoms with van der Waals surface area (Å²) >= 11 is 0. The van der Waals surface area contributed by atoms with Crippen LogP contribution in [0.3, 0.4) is 0 Å². The van der Waals surface area contributed by atoms with Gasteiger partial charge in [-0.1, -0.05) is 6.07 Å². The zero-order chi connectivity index (χ0) is 13.0. The van der Waals surface area contributed by atoms with Gasteiger partial charge in [0.2, 0.25) is 0 Å². The first-order valence-electron chi connectivity index (χ1n) is 5.65. The average molecular weight is 249 g/mol. The number of nitrogens with zero attached hydrogens (tertiary/aromatic N) is 1. The van der Waals surface area contributed by atoms with E-state index >= 15 is 0 Å². The minimum atomic E-state index is -0.685. The number of benzene rings is 1. The molecule has 0 amide bonds. The summed E-state index contributed by atoms with van der Waals surface area (Å²) in [6.45, 7) is 0. The SMILES string of the molecule is OC(Cc1cccnc1)Cc1cc(F)cc(F)c1. The second-order valence-corrected chi connectivity index (χ2v) is 4.20. The number of hydrogen-bond donors (Lipinski definition) is 1. The maximum Gasteiger partial charge on any atom is 0.126 e. The Morgan fingerprint density at radius 2 is 1.72 bits per heavy atom. The molecule has 0 fully saturated rings. The first-order valence-corrected chi connectivity index (χ1v) is 5.65. The lowest BCUT2D eigenvalue weighted by Gasteiger charge is -2.10. The molecule has 4 heteroatoms. The van der Waals surface area contributed by atoms with Gasteiger partial charge in [-0.05, 0) is 35.7 Å². The minimum Gasteiger partial charge on any atom is -0.392 e. The molecule has 2 aromatic rings. The van der Waals surface area contributed by atoms with Gasteiger partial charge in [-0.15, -0.1) is 0 Å². The molecule has 0 saturated heterocycles. The Morgan fingerprint density at radius 1 is 1.06 bits per heavy atom. The van der Waals surface area contributed by atoms with Crippen LogP contribution in [0.25, 0.3) is 0 Å². The summed E-state index contributed by atoms with van der Waals surface area (Å²) in [4.78, 5) is 3.94. The Morgan fingerprint density at radius 3 is 2.33 bits per heavy atom. The van der Waals surface area contributed by atoms with Crippen LogP contribution in [0.4, 0.5) is 8.78 Å². The fourth-order valence-electron chi connectivity index (χ4n) is 1.86. The lowest BCUT2D eigenvalue weighted by Crippen LogP contribution is -2.14. The monoisotopic (exact) mass is 249 g/mol. The van der Waals surface area contributed by atoms with Crippen LogP contribution in [0.15, 0.2) is 42.7 Å². The first-order chi connectivity index (χ1) is 8.63. The van der Waals surface area contributed by atoms with Crippen molar-refractivity contribution in [1.29, 1.82) is 0 Å². The molecule has 1 aromatic heterocycles. The molecule has 0 radical (unpaired) electrons. The number of aliphatic hydroxyl groups excluding tert-OH is 1. The number of pyridine rings is 1. The average Bonchev–Trinajstić information content (AvgIpc) is 2.28. The van der Waals surface area contributed by atoms with Crippen LogP contribution in [0.2, 0.25) is 0 Å². The predicted octanol–water partition coefficient (Wildman–Crippen LogP) is 2.51. The highest BCUT2D eigenvalue weighted by atomic mass is 19.1. The maximum atomic E-state index is 13.0. The summed E-state index contributed by atoms with van der Waals surface area (Å²) in [5.74, 6) is -1.25. The molecule has 0 aliphatic carbocycles. The molecule has 0 saturated carbocycles. The van der Waals surface area contributed by atoms with Crippen molar-refractivity contribution in [1.82, 2.24) is 4.98 Å². The molecule has 0 aliphatic heterocycles. The third-order valence-electron chi connectivity index (χ3n) is 2.59. The molecule has 1 atom stereocenters. The minimum absolute atomic E-state index is 0.212. The van der Waals surface area contributed by atoms with Crippen LogP contribution in [-0.4, -0.2) is 16.2 Å². The van der Waals surface area contributed by atoms with E-state index in [0.717, 1.165) is 11.6 Å². The zero-order valence-corrected chi connectivity index (χ0v) is 9.68. The van der Waals surface area contributed by atoms with Crippen molar-refractivity contribution < 1.29 is 13.9 Å². The molecule has 1 aromatic carbocycles. The van der Waals surface area contributed by atoms with E-state index in [1.165, 1.54) is 12.1 Å². The molecule has 0 bridgehead atoms. The second kappa shape index (κ2) is 5.69. The van der Waals surface area contributed by atoms with Gasteiger partial charge in [0.05, 0.1) is 6.10 Å². The highest BCUT2D eigenvalue weighted by Gasteiger charge is 2.09. The van der Waals surface area contributed by atoms with Crippen LogP contribution in [-0.2, 0) is 12.8 Å². The van der Waals surface area contributed by atoms with Crippen molar-refractivity contribution in [2.24, 2.45) is 0 Å². The Labute approximate surface area is 104 Å². The number of aromatic nitrogens is 1. The van der Waals surface area contributed by atoms with E-state index in [9.17, 15) is 13.9 Å². The van der Waals surface area contributed by atoms with Crippen LogP contribution >= 0.6 is 0 Å². The molecule has 2 nitrogen and oxygen atoms in total. The maximum absolute atomic E-state index is 13.0. The van der Waals surface area contributed by atoms with Gasteiger partial charge < -0.3 is 5.11 Å². The molecular weight excluding hydrogens is 236 g/mol. The van der Waals surface area contributed by atoms with E-state index in [4.69, 9.17) is 0 Å². The van der Waals surface area contributed by atoms with Crippen molar-refractivity contribution in [2.45, 2.75) is 18.9 Å². The van der Waals surface area contributed by atoms with E-state index in [2.05, 4.69) is 4.98 Å². The molecule has 1 unspecified atom stereocenters. The van der Waals surface area contributed by atoms with Crippen molar-refractivity contribution in [3.05, 3.63) is 65.5 Å². The van der Waals surface area contributed by atoms with Gasteiger partial charge in [0, 0.05) is 24.9 Å². The summed E-state index contributed by atoms with van der Waals surface area (Å²) in [6.07, 6.45) is 3.25. The fraction of sp³-hybridized carbons (Fsp3) is 0.214. The summed E-state index contributed by atoms with van der Waals surface area (Å²) < 4.78 is 25.9. The van der Waals surface area contributed by atoms with Gasteiger partial charge in [-0.2, -0.15) is 0 Å². The largest absolute Gasteiger partial charge is 0.392 e. The topological polar surface area (TPSA) is 33.1 Å². The van der Waals surface area contributed by atoms with Crippen molar-refractivity contribution >= 4 is 0 Å². The van der Waals surface area contributed by atoms with Crippen LogP contribution < -0.4 is 0 Å². The number of halogens is 2. The Kier molecular flexibility index (Phi) is 3.99. The number of rotatable bonds is 4. The molecule has 2 rings (SSSR count). The summed E-state index contributed by atoms with van der Waals surface area (Å²) in [5, 5.41) is 9.87. The first kappa shape index (κ1) is 12.6. The van der Waals surface area contributed by atoms with Crippen molar-refractivity contribution in [3.63, 3.8) is 0 Å². The summed E-state index contributed by atoms with van der Waals surface area (Å²) in [5.41, 5.74) is 1.34. The number of aliphatic hydroxyl groups is 1. The fourth-order valence-corrected chi connectivity index (χ4v) is 1.86. The van der Waals surface area contributed by atoms with Gasteiger partial charge in [-0.25, -0.2) is 8.78 Å². The second-order valence-electron chi connectivity index (χ2n) is 4.20. The lowest BCUT2D eigenvalue weighted by molar-refractivity contribution is 0.175. The highest BCUT2D eigenvalue weighted by molar-refractivity contribution is 5.19. The third kappa shape index (κ3) is 3.60. The van der Waals surface area contributed by atoms with Crippen LogP contribution in [0.1, 0.15) is 11.1 Å². The molecule has 94 valence electrons. The van der Waals surface area contributed by atoms with Crippen molar-refractivity contribution in [2.75, 3.05) is 0 Å². The highest BCUT2D eigenvalue weighted by Crippen LogP contribution is 2.12. The smallest absolute Gasteiger partial charge is 0.126 e. The van der Waals surface area contributed by atoms with E-state index in [0.29, 0.717) is 12.0 Å². The summed E-state index contributed by atoms with van der Waals surface area (Å²) in [7, 11) is 0. The molecule has 0 spiro atoms. The Bertz CT molecular complexity index is 496. The molecule has 1 N–H and O–H groups in total. The standard InChI is InChI=1S/C14H13F2NO/c15-12-4-11(5-13(16)8-12)7-14(18)6-10-2-1-3-17-9-10/h1-5,8-9,14,18H,6-7H2. The van der Waals surface area contributed by atoms with Gasteiger partial charge in [0.25, 0.3) is 0 Å². The normalized spacial score (nSPS) is 12.4.